The van der Waals surface area contributed by atoms with Gasteiger partial charge in [-0.1, -0.05) is 20.8 Å². The molecule has 0 spiro atoms. The summed E-state index contributed by atoms with van der Waals surface area (Å²) in [4.78, 5) is 12.1. The zero-order chi connectivity index (χ0) is 31.5. The molecule has 0 saturated heterocycles. The Balaban J connectivity index is 1.72. The van der Waals surface area contributed by atoms with Crippen molar-refractivity contribution >= 4 is 30.9 Å². The molecule has 4 fully saturated rings. The zero-order valence-corrected chi connectivity index (χ0v) is 32.6. The topological polar surface area (TPSA) is 54.0 Å². The number of ether oxygens (including phenoxy) is 1. The largest absolute Gasteiger partial charge is 0.469 e. The van der Waals surface area contributed by atoms with Crippen LogP contribution in [0.2, 0.25) is 58.9 Å². The molecule has 4 rings (SSSR count). The van der Waals surface area contributed by atoms with Gasteiger partial charge in [-0.15, -0.1) is 0 Å². The van der Waals surface area contributed by atoms with E-state index in [-0.39, 0.29) is 17.5 Å². The fraction of sp³-hybridized carbons (Fsp3) is 0.971. The van der Waals surface area contributed by atoms with E-state index in [1.807, 2.05) is 0 Å². The van der Waals surface area contributed by atoms with E-state index in [1.54, 1.807) is 0 Å². The Labute approximate surface area is 262 Å². The maximum Gasteiger partial charge on any atom is 0.305 e. The molecule has 0 radical (unpaired) electrons. The average molecular weight is 639 g/mol. The molecule has 0 N–H and O–H groups in total. The molecular formula is C34H66O5Si3. The number of esters is 1. The van der Waals surface area contributed by atoms with Gasteiger partial charge in [-0.05, 0) is 157 Å². The van der Waals surface area contributed by atoms with Gasteiger partial charge in [0.05, 0.1) is 13.2 Å². The van der Waals surface area contributed by atoms with Crippen molar-refractivity contribution in [3.8, 4) is 0 Å². The fourth-order valence-corrected chi connectivity index (χ4v) is 14.1. The van der Waals surface area contributed by atoms with E-state index in [9.17, 15) is 4.79 Å². The predicted octanol–water partition coefficient (Wildman–Crippen LogP) is 9.11. The average Bonchev–Trinajstić information content (AvgIpc) is 3.19. The summed E-state index contributed by atoms with van der Waals surface area (Å²) in [6, 6.07) is 0. The SMILES string of the molecule is COC(=O)CC[C@@H](C)[C@H]1CC[C@H]2[C@@H]3[C@@H](O[Si](C)(C)C)C[C@H]4C[C@@H](O[Si](C)(C)C)CC[C@]4(C)[C@H]3C[C@@H](O[Si](C)(C)C)[C@]12C. The Morgan fingerprint density at radius 2 is 1.43 bits per heavy atom. The van der Waals surface area contributed by atoms with E-state index in [0.29, 0.717) is 59.6 Å². The first-order valence-corrected chi connectivity index (χ1v) is 27.5. The second kappa shape index (κ2) is 12.3. The molecule has 11 atom stereocenters. The van der Waals surface area contributed by atoms with Gasteiger partial charge in [-0.25, -0.2) is 0 Å². The Morgan fingerprint density at radius 1 is 0.810 bits per heavy atom. The first-order valence-electron chi connectivity index (χ1n) is 17.3. The molecule has 244 valence electrons. The van der Waals surface area contributed by atoms with Crippen LogP contribution in [0.5, 0.6) is 0 Å². The van der Waals surface area contributed by atoms with Gasteiger partial charge in [-0.3, -0.25) is 4.79 Å². The van der Waals surface area contributed by atoms with Gasteiger partial charge < -0.3 is 18.0 Å². The molecule has 0 heterocycles. The summed E-state index contributed by atoms with van der Waals surface area (Å²) in [5, 5.41) is 0. The minimum Gasteiger partial charge on any atom is -0.469 e. The number of carbonyl (C=O) groups is 1. The summed E-state index contributed by atoms with van der Waals surface area (Å²) in [6.45, 7) is 29.0. The molecule has 8 heteroatoms. The lowest BCUT2D eigenvalue weighted by molar-refractivity contribution is -0.199. The summed E-state index contributed by atoms with van der Waals surface area (Å²) in [7, 11) is -3.61. The van der Waals surface area contributed by atoms with Crippen molar-refractivity contribution < 1.29 is 22.8 Å². The van der Waals surface area contributed by atoms with Crippen molar-refractivity contribution in [3.63, 3.8) is 0 Å². The number of fused-ring (bicyclic) bond motifs is 5. The molecule has 0 unspecified atom stereocenters. The highest BCUT2D eigenvalue weighted by molar-refractivity contribution is 6.70. The van der Waals surface area contributed by atoms with Crippen molar-refractivity contribution in [1.82, 2.24) is 0 Å². The number of hydrogen-bond donors (Lipinski definition) is 0. The first kappa shape index (κ1) is 34.9. The number of carbonyl (C=O) groups excluding carboxylic acids is 1. The molecule has 0 bridgehead atoms. The Hall–Kier alpha value is 0.000649. The molecule has 42 heavy (non-hydrogen) atoms. The zero-order valence-electron chi connectivity index (χ0n) is 29.6. The van der Waals surface area contributed by atoms with Crippen LogP contribution in [0.25, 0.3) is 0 Å². The highest BCUT2D eigenvalue weighted by atomic mass is 28.4. The molecule has 4 aliphatic rings. The van der Waals surface area contributed by atoms with Gasteiger partial charge in [0.15, 0.2) is 25.0 Å². The Kier molecular flexibility index (Phi) is 10.2. The summed E-state index contributed by atoms with van der Waals surface area (Å²) in [6.07, 6.45) is 11.0. The predicted molar refractivity (Wildman–Crippen MR) is 181 cm³/mol. The summed E-state index contributed by atoms with van der Waals surface area (Å²) in [5.74, 6) is 3.45. The van der Waals surface area contributed by atoms with E-state index in [2.05, 4.69) is 79.7 Å². The number of hydrogen-bond acceptors (Lipinski definition) is 5. The van der Waals surface area contributed by atoms with Gasteiger partial charge in [0.2, 0.25) is 0 Å². The van der Waals surface area contributed by atoms with Gasteiger partial charge in [0.1, 0.15) is 0 Å². The minimum absolute atomic E-state index is 0.0799. The van der Waals surface area contributed by atoms with E-state index < -0.39 is 25.0 Å². The van der Waals surface area contributed by atoms with Crippen LogP contribution in [-0.4, -0.2) is 56.3 Å². The molecule has 0 aromatic rings. The number of methoxy groups -OCH3 is 1. The van der Waals surface area contributed by atoms with Crippen LogP contribution in [-0.2, 0) is 22.8 Å². The van der Waals surface area contributed by atoms with Crippen molar-refractivity contribution in [2.45, 2.75) is 156 Å². The molecule has 5 nitrogen and oxygen atoms in total. The van der Waals surface area contributed by atoms with Crippen LogP contribution in [0, 0.1) is 46.3 Å². The second-order valence-corrected chi connectivity index (χ2v) is 31.6. The van der Waals surface area contributed by atoms with Crippen LogP contribution in [0.1, 0.15) is 78.6 Å². The van der Waals surface area contributed by atoms with E-state index in [4.69, 9.17) is 18.0 Å². The standard InChI is InChI=1S/C34H66O5Si3/c1-23(14-17-31(35)36-4)26-15-16-27-32-28(22-30(34(26,27)3)39-42(11,12)13)33(2)19-18-25(37-40(5,6)7)20-24(33)21-29(32)38-41(8,9)10/h23-30,32H,14-22H2,1-13H3/t23-,24-,25+,26-,27+,28+,29+,30-,32+,33+,34-/m1/s1. The highest BCUT2D eigenvalue weighted by Gasteiger charge is 2.67. The van der Waals surface area contributed by atoms with Crippen molar-refractivity contribution in [3.05, 3.63) is 0 Å². The lowest BCUT2D eigenvalue weighted by atomic mass is 9.43. The van der Waals surface area contributed by atoms with E-state index in [1.165, 1.54) is 52.1 Å². The van der Waals surface area contributed by atoms with Gasteiger partial charge in [0, 0.05) is 18.6 Å². The van der Waals surface area contributed by atoms with Crippen molar-refractivity contribution in [2.75, 3.05) is 7.11 Å². The molecule has 4 saturated carbocycles. The third-order valence-electron chi connectivity index (χ3n) is 12.0. The lowest BCUT2D eigenvalue weighted by Crippen LogP contribution is -2.64. The highest BCUT2D eigenvalue weighted by Crippen LogP contribution is 2.69. The van der Waals surface area contributed by atoms with E-state index >= 15 is 0 Å². The van der Waals surface area contributed by atoms with Crippen molar-refractivity contribution in [2.24, 2.45) is 46.3 Å². The molecular weight excluding hydrogens is 573 g/mol. The summed E-state index contributed by atoms with van der Waals surface area (Å²) in [5.41, 5.74) is 0.430. The van der Waals surface area contributed by atoms with Gasteiger partial charge in [0.25, 0.3) is 0 Å². The van der Waals surface area contributed by atoms with Crippen LogP contribution in [0.4, 0.5) is 0 Å². The van der Waals surface area contributed by atoms with Gasteiger partial charge in [-0.2, -0.15) is 0 Å². The monoisotopic (exact) mass is 638 g/mol. The van der Waals surface area contributed by atoms with E-state index in [0.717, 1.165) is 6.42 Å². The van der Waals surface area contributed by atoms with Crippen molar-refractivity contribution in [1.29, 1.82) is 0 Å². The Morgan fingerprint density at radius 3 is 2.00 bits per heavy atom. The minimum atomic E-state index is -1.79. The summed E-state index contributed by atoms with van der Waals surface area (Å²) >= 11 is 0. The second-order valence-electron chi connectivity index (χ2n) is 18.2. The molecule has 0 aliphatic heterocycles. The summed E-state index contributed by atoms with van der Waals surface area (Å²) < 4.78 is 26.4. The first-order chi connectivity index (χ1) is 19.2. The quantitative estimate of drug-likeness (QED) is 0.176. The maximum atomic E-state index is 12.1. The van der Waals surface area contributed by atoms with Crippen LogP contribution in [0.15, 0.2) is 0 Å². The molecule has 4 aliphatic carbocycles. The molecule has 0 aromatic carbocycles. The molecule has 0 aromatic heterocycles. The third kappa shape index (κ3) is 7.35. The smallest absolute Gasteiger partial charge is 0.305 e. The normalized spacial score (nSPS) is 41.5. The van der Waals surface area contributed by atoms with Crippen LogP contribution >= 0.6 is 0 Å². The van der Waals surface area contributed by atoms with Crippen LogP contribution < -0.4 is 0 Å². The van der Waals surface area contributed by atoms with Gasteiger partial charge >= 0.3 is 5.97 Å². The Bertz CT molecular complexity index is 954. The fourth-order valence-electron chi connectivity index (χ4n) is 10.5. The third-order valence-corrected chi connectivity index (χ3v) is 15.0. The van der Waals surface area contributed by atoms with Crippen LogP contribution in [0.3, 0.4) is 0 Å². The maximum absolute atomic E-state index is 12.1. The number of rotatable bonds is 10. The molecule has 0 amide bonds. The lowest BCUT2D eigenvalue weighted by Gasteiger charge is -2.66.